The maximum Gasteiger partial charge on any atom is 0.270 e. The molecule has 7 aromatic rings. The number of para-hydroxylation sites is 1. The fraction of sp³-hybridized carbons (Fsp3) is 0.478. The Kier molecular flexibility index (Phi) is 20.3. The van der Waals surface area contributed by atoms with Gasteiger partial charge in [0.1, 0.15) is 23.6 Å². The Morgan fingerprint density at radius 2 is 1.62 bits per heavy atom. The number of likely N-dealkylation sites (tertiary alicyclic amines) is 1. The first-order valence-electron chi connectivity index (χ1n) is 31.0. The van der Waals surface area contributed by atoms with Gasteiger partial charge in [0.15, 0.2) is 5.13 Å². The van der Waals surface area contributed by atoms with Crippen LogP contribution in [-0.4, -0.2) is 127 Å². The number of benzene rings is 3. The summed E-state index contributed by atoms with van der Waals surface area (Å²) in [6.45, 7) is 15.6. The Morgan fingerprint density at radius 3 is 2.37 bits per heavy atom. The summed E-state index contributed by atoms with van der Waals surface area (Å²) in [5.41, 5.74) is 10.5. The van der Waals surface area contributed by atoms with Crippen molar-refractivity contribution in [2.24, 2.45) is 11.3 Å². The quantitative estimate of drug-likeness (QED) is 0.0378. The lowest BCUT2D eigenvalue weighted by Crippen LogP contribution is -2.57. The summed E-state index contributed by atoms with van der Waals surface area (Å²) in [7, 11) is 2.06. The van der Waals surface area contributed by atoms with Gasteiger partial charge in [-0.15, -0.1) is 11.3 Å². The normalized spacial score (nSPS) is 17.1. The number of thiazole rings is 2. The van der Waals surface area contributed by atoms with Crippen LogP contribution in [0.25, 0.3) is 31.8 Å². The third kappa shape index (κ3) is 15.3. The molecule has 4 atom stereocenters. The van der Waals surface area contributed by atoms with Crippen LogP contribution in [0.2, 0.25) is 0 Å². The molecule has 2 fully saturated rings. The second kappa shape index (κ2) is 28.2. The highest BCUT2D eigenvalue weighted by Gasteiger charge is 2.45. The summed E-state index contributed by atoms with van der Waals surface area (Å²) < 4.78 is 3.10. The molecule has 5 amide bonds. The van der Waals surface area contributed by atoms with E-state index in [1.807, 2.05) is 119 Å². The number of aryl methyl sites for hydroxylation is 1. The van der Waals surface area contributed by atoms with E-state index in [0.717, 1.165) is 98.8 Å². The van der Waals surface area contributed by atoms with Crippen LogP contribution in [0.3, 0.4) is 0 Å². The van der Waals surface area contributed by atoms with Gasteiger partial charge in [-0.05, 0) is 150 Å². The van der Waals surface area contributed by atoms with E-state index in [9.17, 15) is 29.1 Å². The van der Waals surface area contributed by atoms with Crippen LogP contribution in [-0.2, 0) is 33.9 Å². The summed E-state index contributed by atoms with van der Waals surface area (Å²) >= 11 is 3.03. The predicted molar refractivity (Wildman–Crippen MR) is 345 cm³/mol. The van der Waals surface area contributed by atoms with Gasteiger partial charge in [0.25, 0.3) is 11.8 Å². The lowest BCUT2D eigenvalue weighted by atomic mass is 9.85. The number of carbonyl (C=O) groups is 5. The van der Waals surface area contributed by atoms with Crippen molar-refractivity contribution in [3.05, 3.63) is 130 Å². The van der Waals surface area contributed by atoms with Crippen LogP contribution in [0.15, 0.2) is 90.6 Å². The molecule has 3 aromatic carbocycles. The fourth-order valence-electron chi connectivity index (χ4n) is 12.4. The highest BCUT2D eigenvalue weighted by atomic mass is 32.1. The van der Waals surface area contributed by atoms with E-state index in [-0.39, 0.29) is 55.0 Å². The number of fused-ring (bicyclic) bond motifs is 2. The summed E-state index contributed by atoms with van der Waals surface area (Å²) in [4.78, 5) is 91.0. The molecule has 460 valence electrons. The van der Waals surface area contributed by atoms with Crippen LogP contribution in [0, 0.1) is 25.2 Å². The van der Waals surface area contributed by atoms with E-state index in [2.05, 4.69) is 65.8 Å². The molecule has 1 saturated carbocycles. The van der Waals surface area contributed by atoms with Crippen LogP contribution < -0.4 is 26.2 Å². The molecule has 2 aliphatic heterocycles. The Balaban J connectivity index is 0.707. The molecule has 20 heteroatoms. The van der Waals surface area contributed by atoms with Gasteiger partial charge in [0, 0.05) is 67.9 Å². The Bertz CT molecular complexity index is 3530. The zero-order valence-corrected chi connectivity index (χ0v) is 53.0. The molecule has 1 saturated heterocycles. The average Bonchev–Trinajstić information content (AvgIpc) is 2.87. The summed E-state index contributed by atoms with van der Waals surface area (Å²) in [5, 5.41) is 28.5. The number of carbonyl (C=O) groups excluding carboxylic acids is 5. The zero-order chi connectivity index (χ0) is 61.4. The summed E-state index contributed by atoms with van der Waals surface area (Å²) in [5.74, 6) is -0.196. The molecule has 18 nitrogen and oxygen atoms in total. The number of hydrogen-bond donors (Lipinski definition) is 5. The van der Waals surface area contributed by atoms with Gasteiger partial charge in [-0.2, -0.15) is 5.10 Å². The van der Waals surface area contributed by atoms with Gasteiger partial charge < -0.3 is 35.8 Å². The third-order valence-electron chi connectivity index (χ3n) is 17.5. The molecule has 4 aromatic heterocycles. The Labute approximate surface area is 519 Å². The van der Waals surface area contributed by atoms with Gasteiger partial charge in [-0.1, -0.05) is 99.9 Å². The van der Waals surface area contributed by atoms with Gasteiger partial charge in [0.2, 0.25) is 17.7 Å². The molecule has 0 bridgehead atoms. The van der Waals surface area contributed by atoms with Gasteiger partial charge in [-0.3, -0.25) is 34.0 Å². The Morgan fingerprint density at radius 1 is 0.851 bits per heavy atom. The summed E-state index contributed by atoms with van der Waals surface area (Å²) in [6.07, 6.45) is 11.2. The first-order valence-corrected chi connectivity index (χ1v) is 32.7. The number of hydrogen-bond acceptors (Lipinski definition) is 14. The van der Waals surface area contributed by atoms with Gasteiger partial charge >= 0.3 is 0 Å². The minimum Gasteiger partial charge on any atom is -0.391 e. The number of aliphatic hydroxyl groups is 1. The van der Waals surface area contributed by atoms with E-state index in [4.69, 9.17) is 10.1 Å². The SMILES string of the molecule is Cc1ncsc1-c1ccc([C@H](C)NC(=O)[C@@H]2C[C@@H](O)CN2C(=O)[C@@H](NC(=O)CCCCN(C)CCCCNC(=O)c2nc(N3CCc4cccc(C(=O)Nc5nc6ccccc6s5)c4C3)ccc2-c2cnn(CC3CCCCC3)c2C)C(C)(C)C)cc1. The van der Waals surface area contributed by atoms with Crippen molar-refractivity contribution in [1.82, 2.24) is 50.5 Å². The molecule has 0 spiro atoms. The number of rotatable bonds is 23. The lowest BCUT2D eigenvalue weighted by Gasteiger charge is -2.35. The van der Waals surface area contributed by atoms with E-state index in [0.29, 0.717) is 60.6 Å². The number of unbranched alkanes of at least 4 members (excludes halogenated alkanes) is 2. The molecular formula is C67H84N12O6S2. The third-order valence-corrected chi connectivity index (χ3v) is 19.4. The number of nitrogens with one attached hydrogen (secondary N) is 4. The molecule has 1 aliphatic carbocycles. The van der Waals surface area contributed by atoms with Crippen molar-refractivity contribution >= 4 is 73.4 Å². The van der Waals surface area contributed by atoms with Crippen molar-refractivity contribution < 1.29 is 29.1 Å². The van der Waals surface area contributed by atoms with Crippen LogP contribution >= 0.6 is 22.7 Å². The Hall–Kier alpha value is -7.39. The maximum absolute atomic E-state index is 14.4. The van der Waals surface area contributed by atoms with E-state index >= 15 is 0 Å². The van der Waals surface area contributed by atoms with Crippen LogP contribution in [0.5, 0.6) is 0 Å². The van der Waals surface area contributed by atoms with Crippen molar-refractivity contribution in [3.63, 3.8) is 0 Å². The second-order valence-electron chi connectivity index (χ2n) is 25.1. The number of aliphatic hydroxyl groups excluding tert-OH is 1. The van der Waals surface area contributed by atoms with Crippen molar-refractivity contribution in [2.45, 2.75) is 156 Å². The van der Waals surface area contributed by atoms with E-state index in [1.165, 1.54) is 48.3 Å². The molecule has 0 radical (unpaired) electrons. The molecule has 6 heterocycles. The van der Waals surface area contributed by atoms with E-state index in [1.54, 1.807) is 11.3 Å². The first-order chi connectivity index (χ1) is 41.9. The maximum atomic E-state index is 14.4. The first kappa shape index (κ1) is 62.7. The highest BCUT2D eigenvalue weighted by Crippen LogP contribution is 2.35. The number of aromatic nitrogens is 5. The van der Waals surface area contributed by atoms with Crippen molar-refractivity contribution in [2.75, 3.05) is 50.0 Å². The molecular weight excluding hydrogens is 1130 g/mol. The molecule has 5 N–H and O–H groups in total. The van der Waals surface area contributed by atoms with Crippen LogP contribution in [0.4, 0.5) is 10.9 Å². The number of nitrogens with zero attached hydrogens (tertiary/aromatic N) is 8. The molecule has 3 aliphatic rings. The standard InChI is InChI=1S/C67H84N12O6S2/c1-42(46-25-27-48(28-26-46)60-43(2)69-41-86-60)71-63(83)55-36-49(80)39-78(55)65(85)61(67(4,5)6)74-58(81)24-13-15-33-76(7)34-16-14-32-68-64(84)59-50(52-37-70-79(44(52)3)38-45-18-9-8-10-19-45)29-30-57(73-59)77-35-31-47-20-17-21-51(53(47)40-77)62(82)75-66-72-54-22-11-12-23-56(54)87-66/h11-12,17,20-23,25-30,37,41-42,45,49,55,61,80H,8-10,13-16,18-19,24,31-36,38-40H2,1-7H3,(H,68,84)(H,71,83)(H,74,81)(H,72,75,82)/t42-,49+,55-,61+/m0/s1. The second-order valence-corrected chi connectivity index (χ2v) is 26.9. The molecule has 87 heavy (non-hydrogen) atoms. The molecule has 10 rings (SSSR count). The highest BCUT2D eigenvalue weighted by molar-refractivity contribution is 7.22. The minimum absolute atomic E-state index is 0.00296. The average molecular weight is 1220 g/mol. The molecule has 0 unspecified atom stereocenters. The number of β-amino-alcohol motifs (C(OH)–C–C–N with tert-alkyl or cyclic N) is 1. The van der Waals surface area contributed by atoms with Crippen molar-refractivity contribution in [3.8, 4) is 21.6 Å². The largest absolute Gasteiger partial charge is 0.391 e. The predicted octanol–water partition coefficient (Wildman–Crippen LogP) is 10.7. The van der Waals surface area contributed by atoms with Crippen molar-refractivity contribution in [1.29, 1.82) is 0 Å². The number of pyridine rings is 1. The summed E-state index contributed by atoms with van der Waals surface area (Å²) in [6, 6.07) is 23.6. The van der Waals surface area contributed by atoms with Crippen LogP contribution in [0.1, 0.15) is 153 Å². The topological polar surface area (TPSA) is 220 Å². The smallest absolute Gasteiger partial charge is 0.270 e. The monoisotopic (exact) mass is 1220 g/mol. The zero-order valence-electron chi connectivity index (χ0n) is 51.4. The van der Waals surface area contributed by atoms with Gasteiger partial charge in [0.05, 0.1) is 44.6 Å². The van der Waals surface area contributed by atoms with E-state index < -0.39 is 23.6 Å². The lowest BCUT2D eigenvalue weighted by molar-refractivity contribution is -0.144. The van der Waals surface area contributed by atoms with Gasteiger partial charge in [-0.25, -0.2) is 15.0 Å². The number of anilines is 2. The number of amides is 5. The fourth-order valence-corrected chi connectivity index (χ4v) is 14.1. The minimum atomic E-state index is -0.904.